The number of fused-ring (bicyclic) bond motifs is 5. The Balaban J connectivity index is 0.000000121. The van der Waals surface area contributed by atoms with Crippen LogP contribution < -0.4 is 9.47 Å². The van der Waals surface area contributed by atoms with Gasteiger partial charge < -0.3 is 57.8 Å². The minimum atomic E-state index is -0.926. The van der Waals surface area contributed by atoms with Crippen LogP contribution in [-0.4, -0.2) is 117 Å². The lowest BCUT2D eigenvalue weighted by Crippen LogP contribution is -1.97. The van der Waals surface area contributed by atoms with Gasteiger partial charge in [-0.2, -0.15) is 0 Å². The number of aromatic nitrogens is 10. The second kappa shape index (κ2) is 28.1. The minimum absolute atomic E-state index is 0.280. The lowest BCUT2D eigenvalue weighted by molar-refractivity contribution is 0.0686. The molecule has 15 rings (SSSR count). The van der Waals surface area contributed by atoms with Crippen molar-refractivity contribution in [1.82, 2.24) is 47.8 Å². The summed E-state index contributed by atoms with van der Waals surface area (Å²) < 4.78 is 20.0. The van der Waals surface area contributed by atoms with Crippen LogP contribution in [-0.2, 0) is 0 Å². The summed E-state index contributed by atoms with van der Waals surface area (Å²) in [4.78, 5) is 75.3. The summed E-state index contributed by atoms with van der Waals surface area (Å²) in [5.74, 6) is -3.49. The maximum atomic E-state index is 11.0. The number of nitrogens with zero attached hydrogens (tertiary/aromatic N) is 10. The average Bonchev–Trinajstić information content (AvgIpc) is 1.79. The van der Waals surface area contributed by atoms with Crippen LogP contribution in [0.15, 0.2) is 256 Å². The van der Waals surface area contributed by atoms with Crippen molar-refractivity contribution < 1.29 is 59.0 Å². The molecular formula is C73H56N10O12. The van der Waals surface area contributed by atoms with E-state index in [1.807, 2.05) is 164 Å². The first-order chi connectivity index (χ1) is 46.0. The van der Waals surface area contributed by atoms with Crippen molar-refractivity contribution in [3.05, 3.63) is 290 Å². The van der Waals surface area contributed by atoms with Gasteiger partial charge in [-0.15, -0.1) is 0 Å². The van der Waals surface area contributed by atoms with Gasteiger partial charge in [0.2, 0.25) is 11.8 Å². The number of methoxy groups -OCH3 is 2. The number of carboxylic acid groups (broad SMARTS) is 5. The highest BCUT2D eigenvalue weighted by atomic mass is 16.5. The van der Waals surface area contributed by atoms with Crippen molar-refractivity contribution >= 4 is 84.4 Å². The first-order valence-corrected chi connectivity index (χ1v) is 29.0. The van der Waals surface area contributed by atoms with Crippen molar-refractivity contribution in [3.8, 4) is 40.2 Å². The van der Waals surface area contributed by atoms with E-state index in [0.29, 0.717) is 28.5 Å². The molecular weight excluding hydrogens is 1210 g/mol. The fourth-order valence-corrected chi connectivity index (χ4v) is 10.4. The molecule has 0 bridgehead atoms. The molecule has 95 heavy (non-hydrogen) atoms. The first-order valence-electron chi connectivity index (χ1n) is 29.0. The highest BCUT2D eigenvalue weighted by Gasteiger charge is 2.14. The van der Waals surface area contributed by atoms with Crippen LogP contribution in [0.25, 0.3) is 83.0 Å². The zero-order valence-corrected chi connectivity index (χ0v) is 50.8. The third-order valence-electron chi connectivity index (χ3n) is 15.1. The fourth-order valence-electron chi connectivity index (χ4n) is 10.4. The molecule has 10 aromatic heterocycles. The second-order valence-electron chi connectivity index (χ2n) is 21.0. The van der Waals surface area contributed by atoms with Crippen LogP contribution in [0.1, 0.15) is 57.5 Å². The van der Waals surface area contributed by atoms with E-state index in [1.165, 1.54) is 0 Å². The molecule has 0 spiro atoms. The van der Waals surface area contributed by atoms with Gasteiger partial charge in [-0.25, -0.2) is 33.9 Å². The molecule has 5 N–H and O–H groups in total. The van der Waals surface area contributed by atoms with E-state index in [0.717, 1.165) is 88.6 Å². The zero-order chi connectivity index (χ0) is 66.7. The average molecular weight is 1270 g/mol. The number of rotatable bonds is 12. The zero-order valence-electron chi connectivity index (χ0n) is 50.8. The van der Waals surface area contributed by atoms with E-state index < -0.39 is 29.8 Å². The summed E-state index contributed by atoms with van der Waals surface area (Å²) in [6, 6.07) is 53.8. The van der Waals surface area contributed by atoms with Crippen molar-refractivity contribution in [3.63, 3.8) is 0 Å². The van der Waals surface area contributed by atoms with E-state index in [1.54, 1.807) is 136 Å². The number of hydrogen-bond acceptors (Lipinski definition) is 12. The minimum Gasteiger partial charge on any atom is -0.481 e. The van der Waals surface area contributed by atoms with Crippen molar-refractivity contribution in [1.29, 1.82) is 0 Å². The van der Waals surface area contributed by atoms with Gasteiger partial charge in [-0.05, 0) is 177 Å². The molecule has 470 valence electrons. The summed E-state index contributed by atoms with van der Waals surface area (Å²) in [6.45, 7) is 1.94. The number of benzene rings is 5. The Morgan fingerprint density at radius 3 is 1.01 bits per heavy atom. The lowest BCUT2D eigenvalue weighted by atomic mass is 10.1. The Bertz CT molecular complexity index is 5160. The predicted molar refractivity (Wildman–Crippen MR) is 358 cm³/mol. The Kier molecular flexibility index (Phi) is 18.7. The Hall–Kier alpha value is -13.5. The van der Waals surface area contributed by atoms with Crippen molar-refractivity contribution in [2.24, 2.45) is 0 Å². The quantitative estimate of drug-likeness (QED) is 0.0759. The Morgan fingerprint density at radius 1 is 0.316 bits per heavy atom. The number of aryl methyl sites for hydroxylation is 1. The third kappa shape index (κ3) is 14.3. The van der Waals surface area contributed by atoms with Crippen LogP contribution >= 0.6 is 0 Å². The largest absolute Gasteiger partial charge is 0.481 e. The van der Waals surface area contributed by atoms with Gasteiger partial charge in [-0.1, -0.05) is 0 Å². The summed E-state index contributed by atoms with van der Waals surface area (Å²) in [5, 5.41) is 49.4. The van der Waals surface area contributed by atoms with E-state index in [2.05, 4.69) is 24.9 Å². The molecule has 0 radical (unpaired) electrons. The topological polar surface area (TPSA) is 294 Å². The molecule has 0 fully saturated rings. The van der Waals surface area contributed by atoms with E-state index in [9.17, 15) is 24.0 Å². The van der Waals surface area contributed by atoms with Crippen molar-refractivity contribution in [2.45, 2.75) is 6.92 Å². The normalized spacial score (nSPS) is 10.7. The van der Waals surface area contributed by atoms with Crippen LogP contribution in [0, 0.1) is 6.92 Å². The van der Waals surface area contributed by atoms with Gasteiger partial charge in [0.15, 0.2) is 0 Å². The molecule has 0 atom stereocenters. The van der Waals surface area contributed by atoms with Gasteiger partial charge in [0, 0.05) is 106 Å². The van der Waals surface area contributed by atoms with E-state index in [4.69, 9.17) is 35.0 Å². The number of hydrogen-bond donors (Lipinski definition) is 5. The SMILES string of the molecule is COc1cc(-n2ccc3cc(C(=O)O)ccc32)ccn1.COc1ccc(-n2ccc3cc(C(=O)O)ccc32)cn1.Cc1ccc(-n2ccc3cc(C(=O)O)ccc32)cn1.O=C(O)c1ccc2c(ccn2-c2cccnc2)c1.O=C(O)c1ccc2c(ccn2-c2ccncc2)c1. The molecule has 15 aromatic rings. The smallest absolute Gasteiger partial charge is 0.335 e. The van der Waals surface area contributed by atoms with Crippen LogP contribution in [0.4, 0.5) is 0 Å². The number of carbonyl (C=O) groups is 5. The molecule has 0 saturated carbocycles. The monoisotopic (exact) mass is 1260 g/mol. The fraction of sp³-hybridized carbons (Fsp3) is 0.0411. The highest BCUT2D eigenvalue weighted by molar-refractivity contribution is 5.98. The van der Waals surface area contributed by atoms with E-state index in [-0.39, 0.29) is 11.1 Å². The number of carboxylic acids is 5. The summed E-state index contributed by atoms with van der Waals surface area (Å²) in [5.41, 5.74) is 11.9. The number of aromatic carboxylic acids is 5. The Morgan fingerprint density at radius 2 is 0.674 bits per heavy atom. The number of pyridine rings is 5. The predicted octanol–water partition coefficient (Wildman–Crippen LogP) is 13.9. The number of ether oxygens (including phenoxy) is 2. The lowest BCUT2D eigenvalue weighted by Gasteiger charge is -2.07. The van der Waals surface area contributed by atoms with Gasteiger partial charge in [-0.3, -0.25) is 15.0 Å². The maximum absolute atomic E-state index is 11.0. The van der Waals surface area contributed by atoms with Crippen LogP contribution in [0.3, 0.4) is 0 Å². The van der Waals surface area contributed by atoms with Gasteiger partial charge in [0.25, 0.3) is 0 Å². The van der Waals surface area contributed by atoms with Crippen molar-refractivity contribution in [2.75, 3.05) is 14.2 Å². The standard InChI is InChI=1S/2C15H12N2O3.C15H12N2O2.2C14H10N2O2/c1-20-14-5-3-12(9-16-14)17-7-6-10-8-11(15(18)19)2-4-13(10)17;1-20-14-9-12(4-6-16-14)17-7-5-10-8-11(15(18)19)2-3-13(10)17;1-10-2-4-13(9-16-10)17-7-6-11-8-12(15(18)19)3-5-14(11)17;17-14(18)11-1-2-13-10(9-11)5-8-16(13)12-3-6-15-7-4-12;17-14(18)11-3-4-13-10(8-11)5-7-16(13)12-2-1-6-15-9-12/h2*2-9H,1H3,(H,18,19);2-9H,1H3,(H,18,19);2*1-9H,(H,17,18). The maximum Gasteiger partial charge on any atom is 0.335 e. The highest BCUT2D eigenvalue weighted by Crippen LogP contribution is 2.28. The summed E-state index contributed by atoms with van der Waals surface area (Å²) in [6.07, 6.45) is 21.7. The molecule has 10 heterocycles. The molecule has 22 nitrogen and oxygen atoms in total. The van der Waals surface area contributed by atoms with Gasteiger partial charge >= 0.3 is 29.8 Å². The second-order valence-corrected chi connectivity index (χ2v) is 21.0. The molecule has 0 aliphatic heterocycles. The molecule has 5 aromatic carbocycles. The molecule has 0 aliphatic carbocycles. The summed E-state index contributed by atoms with van der Waals surface area (Å²) in [7, 11) is 3.14. The summed E-state index contributed by atoms with van der Waals surface area (Å²) >= 11 is 0. The first kappa shape index (κ1) is 63.1. The van der Waals surface area contributed by atoms with Gasteiger partial charge in [0.05, 0.1) is 111 Å². The molecule has 22 heteroatoms. The van der Waals surface area contributed by atoms with E-state index >= 15 is 0 Å². The molecule has 0 amide bonds. The third-order valence-corrected chi connectivity index (χ3v) is 15.1. The van der Waals surface area contributed by atoms with Crippen LogP contribution in [0.2, 0.25) is 0 Å². The van der Waals surface area contributed by atoms with Crippen LogP contribution in [0.5, 0.6) is 11.8 Å². The van der Waals surface area contributed by atoms with Gasteiger partial charge in [0.1, 0.15) is 0 Å². The molecule has 0 saturated heterocycles. The molecule has 0 aliphatic rings. The Labute approximate surface area is 539 Å². The molecule has 0 unspecified atom stereocenters.